The van der Waals surface area contributed by atoms with E-state index >= 15 is 0 Å². The summed E-state index contributed by atoms with van der Waals surface area (Å²) in [6.45, 7) is 0.290. The molecule has 0 spiro atoms. The van der Waals surface area contributed by atoms with Gasteiger partial charge in [0.2, 0.25) is 11.0 Å². The van der Waals surface area contributed by atoms with Gasteiger partial charge < -0.3 is 30.9 Å². The number of nitrogens with two attached hydrogens (primary N) is 1. The summed E-state index contributed by atoms with van der Waals surface area (Å²) in [5.41, 5.74) is 6.12. The van der Waals surface area contributed by atoms with Crippen molar-refractivity contribution < 1.29 is 29.3 Å². The van der Waals surface area contributed by atoms with Crippen LogP contribution in [0.5, 0.6) is 5.75 Å². The summed E-state index contributed by atoms with van der Waals surface area (Å²) in [5, 5.41) is 29.3. The highest BCUT2D eigenvalue weighted by Crippen LogP contribution is 2.54. The minimum atomic E-state index is -1.54. The minimum absolute atomic E-state index is 0.0479. The Bertz CT molecular complexity index is 1150. The molecule has 0 radical (unpaired) electrons. The number of likely N-dealkylation sites (tertiary alicyclic amines) is 1. The van der Waals surface area contributed by atoms with Crippen molar-refractivity contribution in [1.29, 1.82) is 0 Å². The van der Waals surface area contributed by atoms with Crippen LogP contribution in [-0.4, -0.2) is 66.9 Å². The molecule has 4 heterocycles. The Morgan fingerprint density at radius 3 is 2.69 bits per heavy atom. The number of nitrogen functional groups attached to an aromatic ring is 1. The van der Waals surface area contributed by atoms with Gasteiger partial charge in [0.05, 0.1) is 10.9 Å². The van der Waals surface area contributed by atoms with Crippen molar-refractivity contribution in [3.8, 4) is 5.75 Å². The molecule has 12 nitrogen and oxygen atoms in total. The van der Waals surface area contributed by atoms with Gasteiger partial charge in [-0.15, -0.1) is 10.2 Å². The van der Waals surface area contributed by atoms with Crippen LogP contribution in [0.25, 0.3) is 0 Å². The number of phenols is 1. The number of aromatic nitrogens is 2. The van der Waals surface area contributed by atoms with E-state index in [1.165, 1.54) is 33.7 Å². The van der Waals surface area contributed by atoms with Crippen LogP contribution in [0.3, 0.4) is 0 Å². The first-order chi connectivity index (χ1) is 15.3. The number of β-lactam (4-membered cyclic amide) rings is 1. The molecule has 1 aromatic heterocycles. The largest absolute Gasteiger partial charge is 0.512 e. The molecule has 2 saturated heterocycles. The van der Waals surface area contributed by atoms with Crippen LogP contribution >= 0.6 is 23.1 Å². The quantitative estimate of drug-likeness (QED) is 0.290. The smallest absolute Gasteiger partial charge is 0.508 e. The second kappa shape index (κ2) is 7.56. The number of nitrogens with one attached hydrogen (secondary N) is 1. The van der Waals surface area contributed by atoms with Crippen molar-refractivity contribution in [1.82, 2.24) is 20.0 Å². The molecule has 5 N–H and O–H groups in total. The Labute approximate surface area is 188 Å². The monoisotopic (exact) mass is 476 g/mol. The normalized spacial score (nSPS) is 23.6. The lowest BCUT2D eigenvalue weighted by molar-refractivity contribution is -0.159. The molecule has 32 heavy (non-hydrogen) atoms. The lowest BCUT2D eigenvalue weighted by atomic mass is 9.81. The Morgan fingerprint density at radius 1 is 1.28 bits per heavy atom. The van der Waals surface area contributed by atoms with E-state index in [9.17, 15) is 24.6 Å². The number of ether oxygens (including phenoxy) is 1. The highest BCUT2D eigenvalue weighted by molar-refractivity contribution is 8.04. The van der Waals surface area contributed by atoms with Crippen LogP contribution in [0.4, 0.5) is 20.4 Å². The highest BCUT2D eigenvalue weighted by Gasteiger charge is 2.64. The van der Waals surface area contributed by atoms with Gasteiger partial charge in [0.15, 0.2) is 4.34 Å². The van der Waals surface area contributed by atoms with E-state index in [1.807, 2.05) is 0 Å². The summed E-state index contributed by atoms with van der Waals surface area (Å²) in [6, 6.07) is 4.36. The molecule has 0 saturated carbocycles. The molecule has 3 atom stereocenters. The number of hydrogen-bond acceptors (Lipinski definition) is 10. The molecule has 166 valence electrons. The topological polar surface area (TPSA) is 171 Å². The number of aromatic hydroxyl groups is 1. The molecule has 2 aromatic rings. The number of carbonyl (C=O) groups excluding carboxylic acids is 2. The van der Waals surface area contributed by atoms with E-state index < -0.39 is 30.2 Å². The first-order valence-electron chi connectivity index (χ1n) is 9.45. The van der Waals surface area contributed by atoms with E-state index in [4.69, 9.17) is 10.5 Å². The molecule has 5 rings (SSSR count). The number of phenolic OH excluding ortho intramolecular Hbond substituents is 1. The van der Waals surface area contributed by atoms with Crippen LogP contribution in [-0.2, 0) is 9.53 Å². The fourth-order valence-corrected chi connectivity index (χ4v) is 6.16. The maximum atomic E-state index is 13.0. The number of anilines is 2. The molecular weight excluding hydrogens is 460 g/mol. The predicted octanol–water partition coefficient (Wildman–Crippen LogP) is 1.93. The molecule has 0 bridgehead atoms. The Kier molecular flexibility index (Phi) is 4.82. The molecular formula is C18H16N6O6S2. The van der Waals surface area contributed by atoms with Gasteiger partial charge in [0.25, 0.3) is 5.91 Å². The van der Waals surface area contributed by atoms with Gasteiger partial charge in [-0.25, -0.2) is 9.59 Å². The zero-order valence-corrected chi connectivity index (χ0v) is 17.8. The standard InChI is InChI=1S/C18H16N6O6S2/c19-15-21-22-17(32-15)31-12-9-5-6-23(16(27)20-7-1-3-8(25)4-2-7)11-10(9)24(13(11)26)14(12)30-18(28)29/h1-4,9-11,25H,5-6H2,(H2,19,21)(H,20,27)(H,28,29)/t9?,10-,11+/m1/s1. The number of nitrogens with zero attached hydrogens (tertiary/aromatic N) is 4. The third kappa shape index (κ3) is 3.27. The van der Waals surface area contributed by atoms with Gasteiger partial charge in [-0.2, -0.15) is 0 Å². The summed E-state index contributed by atoms with van der Waals surface area (Å²) in [5.74, 6) is -0.601. The van der Waals surface area contributed by atoms with Crippen molar-refractivity contribution in [3.63, 3.8) is 0 Å². The molecule has 0 aliphatic carbocycles. The number of hydrogen-bond donors (Lipinski definition) is 4. The number of piperidine rings is 1. The average molecular weight is 476 g/mol. The first kappa shape index (κ1) is 20.4. The van der Waals surface area contributed by atoms with E-state index in [0.717, 1.165) is 11.3 Å². The number of benzene rings is 1. The third-order valence-electron chi connectivity index (χ3n) is 5.49. The van der Waals surface area contributed by atoms with Gasteiger partial charge >= 0.3 is 12.2 Å². The SMILES string of the molecule is Nc1nnc(SC2=C(OC(=O)O)N3C(=O)[C@@H]4[C@H]3C2CCN4C(=O)Nc2ccc(O)cc2)s1. The second-order valence-corrected chi connectivity index (χ2v) is 9.55. The number of thioether (sulfide) groups is 1. The van der Waals surface area contributed by atoms with Crippen molar-refractivity contribution in [3.05, 3.63) is 35.1 Å². The summed E-state index contributed by atoms with van der Waals surface area (Å²) < 4.78 is 5.48. The molecule has 3 aliphatic rings. The minimum Gasteiger partial charge on any atom is -0.508 e. The zero-order valence-electron chi connectivity index (χ0n) is 16.2. The molecule has 1 unspecified atom stereocenters. The predicted molar refractivity (Wildman–Crippen MR) is 113 cm³/mol. The number of rotatable bonds is 4. The maximum absolute atomic E-state index is 13.0. The second-order valence-electron chi connectivity index (χ2n) is 7.25. The van der Waals surface area contributed by atoms with Gasteiger partial charge in [-0.3, -0.25) is 9.69 Å². The van der Waals surface area contributed by atoms with Crippen LogP contribution in [0.1, 0.15) is 6.42 Å². The van der Waals surface area contributed by atoms with Crippen LogP contribution in [0.15, 0.2) is 39.4 Å². The number of amides is 3. The summed E-state index contributed by atoms with van der Waals surface area (Å²) in [6.07, 6.45) is -1.04. The highest BCUT2D eigenvalue weighted by atomic mass is 32.2. The molecule has 3 amide bonds. The first-order valence-corrected chi connectivity index (χ1v) is 11.1. The van der Waals surface area contributed by atoms with Crippen molar-refractivity contribution in [2.75, 3.05) is 17.6 Å². The molecule has 3 aliphatic heterocycles. The van der Waals surface area contributed by atoms with Crippen LogP contribution < -0.4 is 11.1 Å². The zero-order chi connectivity index (χ0) is 22.6. The molecule has 14 heteroatoms. The van der Waals surface area contributed by atoms with Gasteiger partial charge in [0, 0.05) is 18.2 Å². The summed E-state index contributed by atoms with van der Waals surface area (Å²) >= 11 is 2.32. The van der Waals surface area contributed by atoms with Crippen molar-refractivity contribution >= 4 is 52.0 Å². The van der Waals surface area contributed by atoms with Crippen molar-refractivity contribution in [2.24, 2.45) is 5.92 Å². The van der Waals surface area contributed by atoms with Crippen molar-refractivity contribution in [2.45, 2.75) is 22.8 Å². The molecule has 2 fully saturated rings. The Hall–Kier alpha value is -3.52. The van der Waals surface area contributed by atoms with Gasteiger partial charge in [0.1, 0.15) is 11.8 Å². The van der Waals surface area contributed by atoms with Gasteiger partial charge in [-0.05, 0) is 30.7 Å². The fraction of sp³-hybridized carbons (Fsp3) is 0.278. The van der Waals surface area contributed by atoms with E-state index in [1.54, 1.807) is 12.1 Å². The third-order valence-corrected chi connectivity index (χ3v) is 7.49. The number of urea groups is 1. The average Bonchev–Trinajstić information content (AvgIpc) is 3.28. The lowest BCUT2D eigenvalue weighted by Gasteiger charge is -2.52. The van der Waals surface area contributed by atoms with E-state index in [0.29, 0.717) is 21.4 Å². The van der Waals surface area contributed by atoms with Crippen LogP contribution in [0, 0.1) is 5.92 Å². The Morgan fingerprint density at radius 2 is 2.03 bits per heavy atom. The van der Waals surface area contributed by atoms with E-state index in [-0.39, 0.29) is 29.2 Å². The number of carbonyl (C=O) groups is 3. The summed E-state index contributed by atoms with van der Waals surface area (Å²) in [7, 11) is 0. The Balaban J connectivity index is 1.39. The van der Waals surface area contributed by atoms with Gasteiger partial charge in [-0.1, -0.05) is 23.1 Å². The van der Waals surface area contributed by atoms with E-state index in [2.05, 4.69) is 15.5 Å². The van der Waals surface area contributed by atoms with Crippen LogP contribution in [0.2, 0.25) is 0 Å². The molecule has 1 aromatic carbocycles. The lowest BCUT2D eigenvalue weighted by Crippen LogP contribution is -2.73. The number of carboxylic acid groups (broad SMARTS) is 1. The maximum Gasteiger partial charge on any atom is 0.512 e. The fourth-order valence-electron chi connectivity index (χ4n) is 4.22. The summed E-state index contributed by atoms with van der Waals surface area (Å²) in [4.78, 5) is 40.4.